The third kappa shape index (κ3) is 3.48. The van der Waals surface area contributed by atoms with E-state index in [0.29, 0.717) is 16.9 Å². The van der Waals surface area contributed by atoms with Crippen LogP contribution in [-0.4, -0.2) is 15.7 Å². The van der Waals surface area contributed by atoms with Crippen LogP contribution < -0.4 is 5.32 Å². The lowest BCUT2D eigenvalue weighted by atomic mass is 10.1. The molecule has 5 heteroatoms. The van der Waals surface area contributed by atoms with Crippen molar-refractivity contribution < 1.29 is 9.18 Å². The monoisotopic (exact) mass is 357 g/mol. The third-order valence-electron chi connectivity index (χ3n) is 4.16. The van der Waals surface area contributed by atoms with Gasteiger partial charge in [-0.2, -0.15) is 5.10 Å². The number of amides is 1. The first-order chi connectivity index (χ1) is 13.2. The zero-order valence-electron chi connectivity index (χ0n) is 14.3. The van der Waals surface area contributed by atoms with Gasteiger partial charge in [0.15, 0.2) is 0 Å². The van der Waals surface area contributed by atoms with E-state index in [1.807, 2.05) is 60.7 Å². The Bertz CT molecular complexity index is 1060. The predicted molar refractivity (Wildman–Crippen MR) is 103 cm³/mol. The average Bonchev–Trinajstić information content (AvgIpc) is 3.16. The Morgan fingerprint density at radius 2 is 1.48 bits per heavy atom. The highest BCUT2D eigenvalue weighted by Gasteiger charge is 2.20. The average molecular weight is 357 g/mol. The second kappa shape index (κ2) is 7.25. The fourth-order valence-corrected chi connectivity index (χ4v) is 2.89. The summed E-state index contributed by atoms with van der Waals surface area (Å²) in [4.78, 5) is 12.9. The summed E-state index contributed by atoms with van der Waals surface area (Å²) >= 11 is 0. The van der Waals surface area contributed by atoms with Gasteiger partial charge in [-0.05, 0) is 36.4 Å². The Morgan fingerprint density at radius 3 is 2.15 bits per heavy atom. The van der Waals surface area contributed by atoms with Crippen molar-refractivity contribution in [2.75, 3.05) is 5.32 Å². The predicted octanol–water partition coefficient (Wildman–Crippen LogP) is 4.93. The number of carbonyl (C=O) groups excluding carboxylic acids is 1. The summed E-state index contributed by atoms with van der Waals surface area (Å²) < 4.78 is 14.8. The molecule has 27 heavy (non-hydrogen) atoms. The molecular weight excluding hydrogens is 341 g/mol. The van der Waals surface area contributed by atoms with Crippen LogP contribution in [0.3, 0.4) is 0 Å². The lowest BCUT2D eigenvalue weighted by molar-refractivity contribution is 0.102. The highest BCUT2D eigenvalue weighted by atomic mass is 19.1. The van der Waals surface area contributed by atoms with Gasteiger partial charge in [-0.15, -0.1) is 0 Å². The molecule has 0 atom stereocenters. The normalized spacial score (nSPS) is 10.6. The van der Waals surface area contributed by atoms with Crippen molar-refractivity contribution in [1.82, 2.24) is 9.78 Å². The van der Waals surface area contributed by atoms with E-state index in [1.165, 1.54) is 24.3 Å². The van der Waals surface area contributed by atoms with Crippen LogP contribution in [0, 0.1) is 5.82 Å². The smallest absolute Gasteiger partial charge is 0.259 e. The van der Waals surface area contributed by atoms with Crippen LogP contribution in [-0.2, 0) is 0 Å². The van der Waals surface area contributed by atoms with E-state index in [4.69, 9.17) is 0 Å². The van der Waals surface area contributed by atoms with E-state index in [1.54, 1.807) is 10.9 Å². The molecule has 0 bridgehead atoms. The fraction of sp³-hybridized carbons (Fsp3) is 0. The van der Waals surface area contributed by atoms with Crippen molar-refractivity contribution in [3.05, 3.63) is 103 Å². The van der Waals surface area contributed by atoms with Crippen LogP contribution in [0.15, 0.2) is 91.1 Å². The molecule has 4 aromatic rings. The van der Waals surface area contributed by atoms with Crippen molar-refractivity contribution in [2.45, 2.75) is 0 Å². The molecular formula is C22H16FN3O. The van der Waals surface area contributed by atoms with Crippen molar-refractivity contribution >= 4 is 11.6 Å². The van der Waals surface area contributed by atoms with Crippen molar-refractivity contribution in [3.63, 3.8) is 0 Å². The molecule has 132 valence electrons. The van der Waals surface area contributed by atoms with Gasteiger partial charge in [-0.25, -0.2) is 9.07 Å². The van der Waals surface area contributed by atoms with Gasteiger partial charge in [0.2, 0.25) is 0 Å². The third-order valence-corrected chi connectivity index (χ3v) is 4.16. The molecule has 0 saturated heterocycles. The zero-order valence-corrected chi connectivity index (χ0v) is 14.3. The Morgan fingerprint density at radius 1 is 0.852 bits per heavy atom. The van der Waals surface area contributed by atoms with Gasteiger partial charge in [-0.3, -0.25) is 4.79 Å². The first kappa shape index (κ1) is 16.7. The summed E-state index contributed by atoms with van der Waals surface area (Å²) in [6.45, 7) is 0. The lowest BCUT2D eigenvalue weighted by Crippen LogP contribution is -2.13. The molecule has 0 unspecified atom stereocenters. The van der Waals surface area contributed by atoms with Gasteiger partial charge in [-0.1, -0.05) is 48.5 Å². The van der Waals surface area contributed by atoms with Gasteiger partial charge in [0.05, 0.1) is 23.1 Å². The number of nitrogens with one attached hydrogen (secondary N) is 1. The number of hydrogen-bond donors (Lipinski definition) is 1. The quantitative estimate of drug-likeness (QED) is 0.563. The van der Waals surface area contributed by atoms with Gasteiger partial charge < -0.3 is 5.32 Å². The van der Waals surface area contributed by atoms with Crippen LogP contribution in [0.25, 0.3) is 16.9 Å². The summed E-state index contributed by atoms with van der Waals surface area (Å²) in [5.74, 6) is -0.655. The first-order valence-corrected chi connectivity index (χ1v) is 8.48. The molecule has 1 amide bonds. The van der Waals surface area contributed by atoms with E-state index in [0.717, 1.165) is 11.3 Å². The maximum absolute atomic E-state index is 13.1. The fourth-order valence-electron chi connectivity index (χ4n) is 2.89. The summed E-state index contributed by atoms with van der Waals surface area (Å²) in [5, 5.41) is 7.24. The van der Waals surface area contributed by atoms with Crippen LogP contribution in [0.4, 0.5) is 10.1 Å². The highest BCUT2D eigenvalue weighted by Crippen LogP contribution is 2.27. The molecule has 0 saturated carbocycles. The number of anilines is 1. The van der Waals surface area contributed by atoms with Crippen LogP contribution in [0.5, 0.6) is 0 Å². The SMILES string of the molecule is O=C(Nc1ccc(F)cc1)c1cnn(-c2ccccc2)c1-c1ccccc1. The second-order valence-corrected chi connectivity index (χ2v) is 5.98. The Kier molecular flexibility index (Phi) is 4.49. The van der Waals surface area contributed by atoms with E-state index in [2.05, 4.69) is 10.4 Å². The number of hydrogen-bond acceptors (Lipinski definition) is 2. The molecule has 4 nitrogen and oxygen atoms in total. The molecule has 0 spiro atoms. The maximum Gasteiger partial charge on any atom is 0.259 e. The summed E-state index contributed by atoms with van der Waals surface area (Å²) in [5.41, 5.74) is 3.39. The lowest BCUT2D eigenvalue weighted by Gasteiger charge is -2.10. The molecule has 4 rings (SSSR count). The van der Waals surface area contributed by atoms with Gasteiger partial charge >= 0.3 is 0 Å². The van der Waals surface area contributed by atoms with Crippen LogP contribution >= 0.6 is 0 Å². The Labute approximate surface area is 155 Å². The van der Waals surface area contributed by atoms with E-state index < -0.39 is 0 Å². The Balaban J connectivity index is 1.77. The minimum absolute atomic E-state index is 0.303. The van der Waals surface area contributed by atoms with E-state index in [-0.39, 0.29) is 11.7 Å². The first-order valence-electron chi connectivity index (χ1n) is 8.48. The number of halogens is 1. The van der Waals surface area contributed by atoms with E-state index in [9.17, 15) is 9.18 Å². The number of nitrogens with zero attached hydrogens (tertiary/aromatic N) is 2. The molecule has 3 aromatic carbocycles. The second-order valence-electron chi connectivity index (χ2n) is 5.98. The molecule has 0 aliphatic carbocycles. The molecule has 1 aromatic heterocycles. The molecule has 0 fully saturated rings. The minimum Gasteiger partial charge on any atom is -0.322 e. The molecule has 1 heterocycles. The number of rotatable bonds is 4. The van der Waals surface area contributed by atoms with Crippen molar-refractivity contribution in [2.24, 2.45) is 0 Å². The maximum atomic E-state index is 13.1. The molecule has 1 N–H and O–H groups in total. The van der Waals surface area contributed by atoms with Gasteiger partial charge in [0, 0.05) is 11.3 Å². The number of para-hydroxylation sites is 1. The van der Waals surface area contributed by atoms with Crippen LogP contribution in [0.1, 0.15) is 10.4 Å². The van der Waals surface area contributed by atoms with E-state index >= 15 is 0 Å². The van der Waals surface area contributed by atoms with Crippen LogP contribution in [0.2, 0.25) is 0 Å². The topological polar surface area (TPSA) is 46.9 Å². The number of aromatic nitrogens is 2. The molecule has 0 aliphatic rings. The number of carbonyl (C=O) groups is 1. The summed E-state index contributed by atoms with van der Waals surface area (Å²) in [6.07, 6.45) is 1.55. The summed E-state index contributed by atoms with van der Waals surface area (Å²) in [6, 6.07) is 24.9. The van der Waals surface area contributed by atoms with Crippen molar-refractivity contribution in [3.8, 4) is 16.9 Å². The number of benzene rings is 3. The summed E-state index contributed by atoms with van der Waals surface area (Å²) in [7, 11) is 0. The Hall–Kier alpha value is -3.73. The van der Waals surface area contributed by atoms with Gasteiger partial charge in [0.25, 0.3) is 5.91 Å². The minimum atomic E-state index is -0.352. The van der Waals surface area contributed by atoms with Crippen molar-refractivity contribution in [1.29, 1.82) is 0 Å². The molecule has 0 radical (unpaired) electrons. The largest absolute Gasteiger partial charge is 0.322 e. The molecule has 0 aliphatic heterocycles. The highest BCUT2D eigenvalue weighted by molar-refractivity contribution is 6.08. The standard InChI is InChI=1S/C22H16FN3O/c23-17-11-13-18(14-12-17)25-22(27)20-15-24-26(19-9-5-2-6-10-19)21(20)16-7-3-1-4-8-16/h1-15H,(H,25,27). The van der Waals surface area contributed by atoms with Gasteiger partial charge in [0.1, 0.15) is 5.82 Å². The zero-order chi connectivity index (χ0) is 18.6.